The minimum absolute atomic E-state index is 0. The van der Waals surface area contributed by atoms with Gasteiger partial charge in [-0.3, -0.25) is 0 Å². The van der Waals surface area contributed by atoms with E-state index >= 15 is 0 Å². The summed E-state index contributed by atoms with van der Waals surface area (Å²) in [5, 5.41) is 16.3. The Bertz CT molecular complexity index is 473. The zero-order valence-corrected chi connectivity index (χ0v) is 14.7. The molecule has 0 aromatic heterocycles. The summed E-state index contributed by atoms with van der Waals surface area (Å²) in [5.41, 5.74) is -1.48. The molecular formula is C14H22F2IN3O. The summed E-state index contributed by atoms with van der Waals surface area (Å²) in [7, 11) is 0. The first-order valence-electron chi connectivity index (χ1n) is 6.60. The molecule has 0 aliphatic rings. The van der Waals surface area contributed by atoms with Gasteiger partial charge in [0.1, 0.15) is 17.2 Å². The van der Waals surface area contributed by atoms with Gasteiger partial charge in [-0.2, -0.15) is 0 Å². The van der Waals surface area contributed by atoms with Crippen molar-refractivity contribution in [1.29, 1.82) is 0 Å². The summed E-state index contributed by atoms with van der Waals surface area (Å²) in [6.45, 7) is 6.61. The van der Waals surface area contributed by atoms with Crippen LogP contribution in [0.15, 0.2) is 23.2 Å². The molecule has 0 aliphatic carbocycles. The minimum Gasteiger partial charge on any atom is -0.383 e. The van der Waals surface area contributed by atoms with Gasteiger partial charge in [-0.05, 0) is 26.8 Å². The van der Waals surface area contributed by atoms with Gasteiger partial charge in [-0.15, -0.1) is 24.0 Å². The number of hydrogen-bond donors (Lipinski definition) is 3. The van der Waals surface area contributed by atoms with Crippen molar-refractivity contribution in [2.24, 2.45) is 4.99 Å². The number of hydrogen-bond acceptors (Lipinski definition) is 2. The van der Waals surface area contributed by atoms with Crippen LogP contribution in [0.3, 0.4) is 0 Å². The van der Waals surface area contributed by atoms with Gasteiger partial charge in [0.25, 0.3) is 0 Å². The van der Waals surface area contributed by atoms with E-state index in [1.54, 1.807) is 0 Å². The van der Waals surface area contributed by atoms with Gasteiger partial charge in [0.05, 0.1) is 6.54 Å². The summed E-state index contributed by atoms with van der Waals surface area (Å²) in [6.07, 6.45) is 0. The molecule has 0 heterocycles. The highest BCUT2D eigenvalue weighted by molar-refractivity contribution is 14.0. The molecule has 1 aromatic rings. The topological polar surface area (TPSA) is 56.7 Å². The average Bonchev–Trinajstić information content (AvgIpc) is 2.36. The Labute approximate surface area is 141 Å². The molecule has 0 radical (unpaired) electrons. The van der Waals surface area contributed by atoms with Crippen LogP contribution in [0.1, 0.15) is 26.3 Å². The fourth-order valence-corrected chi connectivity index (χ4v) is 1.75. The summed E-state index contributed by atoms with van der Waals surface area (Å²) in [4.78, 5) is 4.20. The zero-order chi connectivity index (χ0) is 15.2. The normalized spacial score (nSPS) is 12.9. The molecule has 7 heteroatoms. The van der Waals surface area contributed by atoms with Crippen LogP contribution in [0.2, 0.25) is 0 Å². The average molecular weight is 413 g/mol. The van der Waals surface area contributed by atoms with Crippen molar-refractivity contribution in [3.05, 3.63) is 35.4 Å². The fourth-order valence-electron chi connectivity index (χ4n) is 1.75. The standard InChI is InChI=1S/C14H21F2N3O.HI/c1-4-17-13(18-5-2)19-9-14(3,20)11-7-6-10(15)8-12(11)16;/h6-8,20H,4-5,9H2,1-3H3,(H2,17,18,19);1H. The maximum absolute atomic E-state index is 13.7. The number of aliphatic hydroxyl groups is 1. The van der Waals surface area contributed by atoms with Crippen LogP contribution < -0.4 is 10.6 Å². The molecule has 4 nitrogen and oxygen atoms in total. The third-order valence-corrected chi connectivity index (χ3v) is 2.74. The second-order valence-corrected chi connectivity index (χ2v) is 4.62. The molecule has 120 valence electrons. The molecule has 21 heavy (non-hydrogen) atoms. The second kappa shape index (κ2) is 9.14. The molecule has 1 atom stereocenters. The molecule has 0 aliphatic heterocycles. The second-order valence-electron chi connectivity index (χ2n) is 4.62. The van der Waals surface area contributed by atoms with E-state index in [9.17, 15) is 13.9 Å². The number of rotatable bonds is 5. The minimum atomic E-state index is -1.51. The van der Waals surface area contributed by atoms with E-state index in [0.717, 1.165) is 12.1 Å². The van der Waals surface area contributed by atoms with Gasteiger partial charge in [-0.1, -0.05) is 6.07 Å². The number of nitrogens with one attached hydrogen (secondary N) is 2. The van der Waals surface area contributed by atoms with E-state index in [0.29, 0.717) is 19.0 Å². The molecule has 3 N–H and O–H groups in total. The lowest BCUT2D eigenvalue weighted by molar-refractivity contribution is 0.0632. The summed E-state index contributed by atoms with van der Waals surface area (Å²) < 4.78 is 26.6. The van der Waals surface area contributed by atoms with Gasteiger partial charge >= 0.3 is 0 Å². The van der Waals surface area contributed by atoms with E-state index < -0.39 is 17.2 Å². The van der Waals surface area contributed by atoms with Gasteiger partial charge in [0.2, 0.25) is 0 Å². The van der Waals surface area contributed by atoms with Crippen molar-refractivity contribution in [2.75, 3.05) is 19.6 Å². The van der Waals surface area contributed by atoms with Crippen molar-refractivity contribution in [2.45, 2.75) is 26.4 Å². The molecule has 0 spiro atoms. The van der Waals surface area contributed by atoms with Crippen LogP contribution in [0, 0.1) is 11.6 Å². The predicted octanol–water partition coefficient (Wildman–Crippen LogP) is 2.37. The van der Waals surface area contributed by atoms with Gasteiger partial charge in [0.15, 0.2) is 5.96 Å². The summed E-state index contributed by atoms with van der Waals surface area (Å²) >= 11 is 0. The van der Waals surface area contributed by atoms with Gasteiger partial charge in [0, 0.05) is 24.7 Å². The molecule has 0 bridgehead atoms. The number of halogens is 3. The molecular weight excluding hydrogens is 391 g/mol. The van der Waals surface area contributed by atoms with E-state index in [2.05, 4.69) is 15.6 Å². The van der Waals surface area contributed by atoms with Crippen LogP contribution in [0.25, 0.3) is 0 Å². The lowest BCUT2D eigenvalue weighted by Gasteiger charge is -2.23. The quantitative estimate of drug-likeness (QED) is 0.395. The highest BCUT2D eigenvalue weighted by Crippen LogP contribution is 2.24. The largest absolute Gasteiger partial charge is 0.383 e. The molecule has 0 saturated carbocycles. The number of nitrogens with zero attached hydrogens (tertiary/aromatic N) is 1. The Morgan fingerprint density at radius 3 is 2.29 bits per heavy atom. The SMILES string of the molecule is CCNC(=NCC(C)(O)c1ccc(F)cc1F)NCC.I. The van der Waals surface area contributed by atoms with Crippen molar-refractivity contribution in [3.8, 4) is 0 Å². The Balaban J connectivity index is 0.00000400. The Morgan fingerprint density at radius 2 is 1.81 bits per heavy atom. The first kappa shape index (κ1) is 20.0. The van der Waals surface area contributed by atoms with E-state index in [1.807, 2.05) is 13.8 Å². The number of guanidine groups is 1. The van der Waals surface area contributed by atoms with E-state index in [1.165, 1.54) is 13.0 Å². The molecule has 1 unspecified atom stereocenters. The molecule has 0 amide bonds. The first-order chi connectivity index (χ1) is 9.40. The van der Waals surface area contributed by atoms with Crippen LogP contribution >= 0.6 is 24.0 Å². The summed E-state index contributed by atoms with van der Waals surface area (Å²) in [5.74, 6) is -0.914. The van der Waals surface area contributed by atoms with Crippen molar-refractivity contribution >= 4 is 29.9 Å². The Hall–Kier alpha value is -0.960. The Morgan fingerprint density at radius 1 is 1.24 bits per heavy atom. The number of benzene rings is 1. The lowest BCUT2D eigenvalue weighted by Crippen LogP contribution is -2.38. The zero-order valence-electron chi connectivity index (χ0n) is 12.4. The predicted molar refractivity (Wildman–Crippen MR) is 91.0 cm³/mol. The molecule has 1 aromatic carbocycles. The van der Waals surface area contributed by atoms with Gasteiger partial charge < -0.3 is 15.7 Å². The molecule has 0 fully saturated rings. The maximum Gasteiger partial charge on any atom is 0.191 e. The summed E-state index contributed by atoms with van der Waals surface area (Å²) in [6, 6.07) is 3.11. The Kier molecular flexibility index (Phi) is 8.72. The highest BCUT2D eigenvalue weighted by atomic mass is 127. The van der Waals surface area contributed by atoms with Crippen LogP contribution in [-0.2, 0) is 5.60 Å². The fraction of sp³-hybridized carbons (Fsp3) is 0.500. The third-order valence-electron chi connectivity index (χ3n) is 2.74. The van der Waals surface area contributed by atoms with E-state index in [4.69, 9.17) is 0 Å². The van der Waals surface area contributed by atoms with Crippen LogP contribution in [-0.4, -0.2) is 30.7 Å². The van der Waals surface area contributed by atoms with Crippen LogP contribution in [0.5, 0.6) is 0 Å². The van der Waals surface area contributed by atoms with Gasteiger partial charge in [-0.25, -0.2) is 13.8 Å². The highest BCUT2D eigenvalue weighted by Gasteiger charge is 2.26. The lowest BCUT2D eigenvalue weighted by atomic mass is 9.95. The number of aliphatic imine (C=N–C) groups is 1. The van der Waals surface area contributed by atoms with Crippen molar-refractivity contribution < 1.29 is 13.9 Å². The first-order valence-corrected chi connectivity index (χ1v) is 6.60. The molecule has 1 rings (SSSR count). The smallest absolute Gasteiger partial charge is 0.191 e. The van der Waals surface area contributed by atoms with Crippen molar-refractivity contribution in [3.63, 3.8) is 0 Å². The molecule has 0 saturated heterocycles. The monoisotopic (exact) mass is 413 g/mol. The maximum atomic E-state index is 13.7. The van der Waals surface area contributed by atoms with Crippen LogP contribution in [0.4, 0.5) is 8.78 Å². The van der Waals surface area contributed by atoms with E-state index in [-0.39, 0.29) is 36.1 Å². The third kappa shape index (κ3) is 6.13. The van der Waals surface area contributed by atoms with Crippen molar-refractivity contribution in [1.82, 2.24) is 10.6 Å².